The van der Waals surface area contributed by atoms with Gasteiger partial charge in [-0.05, 0) is 42.4 Å². The topological polar surface area (TPSA) is 40.5 Å². The molecule has 1 saturated carbocycles. The molecule has 1 aromatic carbocycles. The lowest BCUT2D eigenvalue weighted by atomic mass is 10.0. The van der Waals surface area contributed by atoms with Crippen molar-refractivity contribution in [1.29, 1.82) is 0 Å². The van der Waals surface area contributed by atoms with Gasteiger partial charge in [-0.1, -0.05) is 24.6 Å². The van der Waals surface area contributed by atoms with Gasteiger partial charge in [0.15, 0.2) is 0 Å². The standard InChI is InChI=1S/C16H19NO2/c18-16(19)9-8-12-4-1-2-7-15(12)17-10-13-5-3-6-14(13)11-17/h1-2,4,7-9,13-14H,3,5-6,10-11H2,(H,18,19)/b9-8+. The Morgan fingerprint density at radius 2 is 1.89 bits per heavy atom. The molecule has 1 aromatic rings. The summed E-state index contributed by atoms with van der Waals surface area (Å²) in [5.74, 6) is 0.793. The molecule has 0 amide bonds. The Morgan fingerprint density at radius 1 is 1.21 bits per heavy atom. The summed E-state index contributed by atoms with van der Waals surface area (Å²) in [6.45, 7) is 2.26. The molecule has 2 aliphatic rings. The van der Waals surface area contributed by atoms with Crippen molar-refractivity contribution in [3.05, 3.63) is 35.9 Å². The van der Waals surface area contributed by atoms with Gasteiger partial charge in [0.05, 0.1) is 0 Å². The molecule has 3 nitrogen and oxygen atoms in total. The van der Waals surface area contributed by atoms with E-state index in [9.17, 15) is 4.79 Å². The van der Waals surface area contributed by atoms with Crippen LogP contribution in [0, 0.1) is 11.8 Å². The maximum Gasteiger partial charge on any atom is 0.328 e. The second-order valence-corrected chi connectivity index (χ2v) is 5.59. The van der Waals surface area contributed by atoms with E-state index in [0.717, 1.165) is 30.5 Å². The van der Waals surface area contributed by atoms with Gasteiger partial charge in [0.25, 0.3) is 0 Å². The van der Waals surface area contributed by atoms with Crippen LogP contribution >= 0.6 is 0 Å². The van der Waals surface area contributed by atoms with Crippen molar-refractivity contribution in [2.45, 2.75) is 19.3 Å². The second kappa shape index (κ2) is 5.08. The van der Waals surface area contributed by atoms with Crippen LogP contribution in [-0.2, 0) is 4.79 Å². The molecule has 0 spiro atoms. The third kappa shape index (κ3) is 2.50. The Hall–Kier alpha value is -1.77. The molecule has 0 bridgehead atoms. The predicted octanol–water partition coefficient (Wildman–Crippen LogP) is 3.02. The normalized spacial score (nSPS) is 26.0. The molecule has 2 fully saturated rings. The van der Waals surface area contributed by atoms with Gasteiger partial charge in [0.1, 0.15) is 0 Å². The zero-order chi connectivity index (χ0) is 13.2. The molecule has 1 aliphatic carbocycles. The summed E-state index contributed by atoms with van der Waals surface area (Å²) in [7, 11) is 0. The summed E-state index contributed by atoms with van der Waals surface area (Å²) in [5, 5.41) is 8.76. The van der Waals surface area contributed by atoms with Gasteiger partial charge in [0, 0.05) is 24.9 Å². The Balaban J connectivity index is 1.83. The van der Waals surface area contributed by atoms with E-state index >= 15 is 0 Å². The molecule has 0 radical (unpaired) electrons. The van der Waals surface area contributed by atoms with E-state index in [1.54, 1.807) is 6.08 Å². The van der Waals surface area contributed by atoms with Crippen LogP contribution in [0.5, 0.6) is 0 Å². The minimum Gasteiger partial charge on any atom is -0.478 e. The van der Waals surface area contributed by atoms with Crippen molar-refractivity contribution >= 4 is 17.7 Å². The van der Waals surface area contributed by atoms with Crippen LogP contribution in [0.3, 0.4) is 0 Å². The summed E-state index contributed by atoms with van der Waals surface area (Å²) in [6, 6.07) is 8.08. The number of hydrogen-bond donors (Lipinski definition) is 1. The first-order chi connectivity index (χ1) is 9.24. The van der Waals surface area contributed by atoms with Gasteiger partial charge >= 0.3 is 5.97 Å². The fraction of sp³-hybridized carbons (Fsp3) is 0.438. The van der Waals surface area contributed by atoms with E-state index in [4.69, 9.17) is 5.11 Å². The fourth-order valence-corrected chi connectivity index (χ4v) is 3.51. The smallest absolute Gasteiger partial charge is 0.328 e. The van der Waals surface area contributed by atoms with Crippen molar-refractivity contribution in [3.63, 3.8) is 0 Å². The van der Waals surface area contributed by atoms with Crippen LogP contribution in [0.25, 0.3) is 6.08 Å². The third-order valence-corrected chi connectivity index (χ3v) is 4.41. The number of nitrogens with zero attached hydrogens (tertiary/aromatic N) is 1. The number of carboxylic acid groups (broad SMARTS) is 1. The Morgan fingerprint density at radius 3 is 2.58 bits per heavy atom. The lowest BCUT2D eigenvalue weighted by Crippen LogP contribution is -2.21. The van der Waals surface area contributed by atoms with E-state index in [1.165, 1.54) is 31.0 Å². The average Bonchev–Trinajstić information content (AvgIpc) is 2.97. The summed E-state index contributed by atoms with van der Waals surface area (Å²) < 4.78 is 0. The first kappa shape index (κ1) is 12.3. The van der Waals surface area contributed by atoms with Gasteiger partial charge in [-0.15, -0.1) is 0 Å². The zero-order valence-corrected chi connectivity index (χ0v) is 11.0. The Labute approximate surface area is 113 Å². The van der Waals surface area contributed by atoms with Gasteiger partial charge < -0.3 is 10.0 Å². The molecule has 3 rings (SSSR count). The highest BCUT2D eigenvalue weighted by Gasteiger charge is 2.36. The van der Waals surface area contributed by atoms with Gasteiger partial charge in [0.2, 0.25) is 0 Å². The first-order valence-corrected chi connectivity index (χ1v) is 6.99. The maximum atomic E-state index is 10.7. The van der Waals surface area contributed by atoms with Crippen molar-refractivity contribution in [3.8, 4) is 0 Å². The highest BCUT2D eigenvalue weighted by Crippen LogP contribution is 2.40. The van der Waals surface area contributed by atoms with E-state index < -0.39 is 5.97 Å². The Bertz CT molecular complexity index is 497. The predicted molar refractivity (Wildman–Crippen MR) is 76.2 cm³/mol. The first-order valence-electron chi connectivity index (χ1n) is 6.99. The van der Waals surface area contributed by atoms with E-state index in [-0.39, 0.29) is 0 Å². The van der Waals surface area contributed by atoms with E-state index in [0.29, 0.717) is 0 Å². The number of carboxylic acids is 1. The van der Waals surface area contributed by atoms with E-state index in [2.05, 4.69) is 11.0 Å². The van der Waals surface area contributed by atoms with Gasteiger partial charge in [-0.3, -0.25) is 0 Å². The number of benzene rings is 1. The highest BCUT2D eigenvalue weighted by atomic mass is 16.4. The van der Waals surface area contributed by atoms with Crippen molar-refractivity contribution < 1.29 is 9.90 Å². The van der Waals surface area contributed by atoms with Crippen LogP contribution in [0.15, 0.2) is 30.3 Å². The quantitative estimate of drug-likeness (QED) is 0.846. The van der Waals surface area contributed by atoms with Gasteiger partial charge in [-0.25, -0.2) is 4.79 Å². The maximum absolute atomic E-state index is 10.7. The molecule has 0 aromatic heterocycles. The molecule has 2 atom stereocenters. The Kier molecular flexibility index (Phi) is 3.28. The minimum atomic E-state index is -0.895. The molecule has 1 N–H and O–H groups in total. The summed E-state index contributed by atoms with van der Waals surface area (Å²) in [5.41, 5.74) is 2.18. The molecule has 2 unspecified atom stereocenters. The number of fused-ring (bicyclic) bond motifs is 1. The summed E-state index contributed by atoms with van der Waals surface area (Å²) in [4.78, 5) is 13.1. The van der Waals surface area contributed by atoms with Gasteiger partial charge in [-0.2, -0.15) is 0 Å². The molecule has 1 saturated heterocycles. The fourth-order valence-electron chi connectivity index (χ4n) is 3.51. The average molecular weight is 257 g/mol. The summed E-state index contributed by atoms with van der Waals surface area (Å²) >= 11 is 0. The molecule has 1 heterocycles. The number of rotatable bonds is 3. The molecular formula is C16H19NO2. The van der Waals surface area contributed by atoms with Crippen LogP contribution < -0.4 is 4.90 Å². The van der Waals surface area contributed by atoms with Crippen LogP contribution in [-0.4, -0.2) is 24.2 Å². The molecule has 19 heavy (non-hydrogen) atoms. The second-order valence-electron chi connectivity index (χ2n) is 5.59. The van der Waals surface area contributed by atoms with Crippen molar-refractivity contribution in [1.82, 2.24) is 0 Å². The van der Waals surface area contributed by atoms with Crippen LogP contribution in [0.4, 0.5) is 5.69 Å². The lowest BCUT2D eigenvalue weighted by Gasteiger charge is -2.21. The minimum absolute atomic E-state index is 0.844. The largest absolute Gasteiger partial charge is 0.478 e. The summed E-state index contributed by atoms with van der Waals surface area (Å²) in [6.07, 6.45) is 7.01. The monoisotopic (exact) mass is 257 g/mol. The van der Waals surface area contributed by atoms with Crippen LogP contribution in [0.1, 0.15) is 24.8 Å². The van der Waals surface area contributed by atoms with Crippen molar-refractivity contribution in [2.24, 2.45) is 11.8 Å². The molecular weight excluding hydrogens is 238 g/mol. The number of aliphatic carboxylic acids is 1. The zero-order valence-electron chi connectivity index (χ0n) is 11.0. The van der Waals surface area contributed by atoms with Crippen molar-refractivity contribution in [2.75, 3.05) is 18.0 Å². The number of para-hydroxylation sites is 1. The third-order valence-electron chi connectivity index (χ3n) is 4.41. The molecule has 100 valence electrons. The SMILES string of the molecule is O=C(O)/C=C/c1ccccc1N1CC2CCCC2C1. The molecule has 1 aliphatic heterocycles. The molecule has 3 heteroatoms. The van der Waals surface area contributed by atoms with Crippen LogP contribution in [0.2, 0.25) is 0 Å². The highest BCUT2D eigenvalue weighted by molar-refractivity contribution is 5.87. The lowest BCUT2D eigenvalue weighted by molar-refractivity contribution is -0.131. The number of anilines is 1. The number of hydrogen-bond acceptors (Lipinski definition) is 2. The number of carbonyl (C=O) groups is 1. The van der Waals surface area contributed by atoms with E-state index in [1.807, 2.05) is 18.2 Å².